The van der Waals surface area contributed by atoms with Crippen molar-refractivity contribution in [1.29, 1.82) is 0 Å². The number of hydrogen-bond donors (Lipinski definition) is 4. The zero-order chi connectivity index (χ0) is 42.2. The zero-order valence-electron chi connectivity index (χ0n) is 35.7. The Morgan fingerprint density at radius 1 is 0.600 bits per heavy atom. The Bertz CT molecular complexity index is 2120. The van der Waals surface area contributed by atoms with Crippen molar-refractivity contribution in [3.8, 4) is 33.6 Å². The molecular weight excluding hydrogens is 761 g/mol. The Morgan fingerprint density at radius 3 is 1.33 bits per heavy atom. The number of aromatic amines is 2. The Morgan fingerprint density at radius 2 is 0.967 bits per heavy atom. The van der Waals surface area contributed by atoms with E-state index in [4.69, 9.17) is 19.4 Å². The minimum atomic E-state index is -0.683. The van der Waals surface area contributed by atoms with Gasteiger partial charge in [-0.15, -0.1) is 0 Å². The number of rotatable bonds is 11. The molecule has 2 aromatic heterocycles. The summed E-state index contributed by atoms with van der Waals surface area (Å²) in [6, 6.07) is 7.28. The number of H-pyrrole nitrogens is 2. The standard InChI is InChI=1S/C46H58N8O6/c1-25(2)39(51-45(57)59-5)43(55)53-21-9-15-37(53)41-47-23-35(49-41)33-19-17-31(27-11-7-13-29(27)33)32-18-20-34(30-14-8-12-28(30)32)36-24-48-42(50-36)38-16-10-22-54(38)44(56)40(26(3)4)52-46(58)60-6/h17-20,23-26,37-40H,7-16,21-22H2,1-6H3,(H,47,49)(H,48,50)(H,51,57)(H,52,58). The van der Waals surface area contributed by atoms with Crippen molar-refractivity contribution in [2.45, 2.75) is 116 Å². The Balaban J connectivity index is 1.04. The van der Waals surface area contributed by atoms with Crippen molar-refractivity contribution in [2.24, 2.45) is 11.8 Å². The molecule has 4 heterocycles. The summed E-state index contributed by atoms with van der Waals surface area (Å²) < 4.78 is 9.62. The normalized spacial score (nSPS) is 19.4. The maximum absolute atomic E-state index is 13.8. The molecule has 2 aliphatic heterocycles. The second kappa shape index (κ2) is 17.1. The van der Waals surface area contributed by atoms with Crippen molar-refractivity contribution < 1.29 is 28.7 Å². The van der Waals surface area contributed by atoms with E-state index in [-0.39, 0.29) is 35.7 Å². The largest absolute Gasteiger partial charge is 0.453 e. The second-order valence-corrected chi connectivity index (χ2v) is 17.4. The Hall–Kier alpha value is -5.66. The van der Waals surface area contributed by atoms with Gasteiger partial charge in [0.2, 0.25) is 11.8 Å². The lowest BCUT2D eigenvalue weighted by Crippen LogP contribution is -2.51. The summed E-state index contributed by atoms with van der Waals surface area (Å²) in [6.07, 6.45) is 12.1. The fourth-order valence-corrected chi connectivity index (χ4v) is 10.1. The van der Waals surface area contributed by atoms with Crippen molar-refractivity contribution in [3.63, 3.8) is 0 Å². The van der Waals surface area contributed by atoms with Crippen LogP contribution in [0.5, 0.6) is 0 Å². The SMILES string of the molecule is COC(=O)NC(C(=O)N1CCCC1c1ncc(-c2ccc(-c3ccc(-c4cnc(C5CCCN5C(=O)C(NC(=O)OC)C(C)C)[nH]4)c4c3CCC4)c3c2CCC3)[nH]1)C(C)C. The summed E-state index contributed by atoms with van der Waals surface area (Å²) >= 11 is 0. The smallest absolute Gasteiger partial charge is 0.407 e. The Kier molecular flexibility index (Phi) is 11.7. The van der Waals surface area contributed by atoms with Crippen LogP contribution < -0.4 is 10.6 Å². The van der Waals surface area contributed by atoms with Crippen LogP contribution in [0.15, 0.2) is 36.7 Å². The van der Waals surface area contributed by atoms with Gasteiger partial charge in [-0.05, 0) is 109 Å². The van der Waals surface area contributed by atoms with Gasteiger partial charge < -0.3 is 39.9 Å². The number of nitrogens with zero attached hydrogens (tertiary/aromatic N) is 4. The van der Waals surface area contributed by atoms with E-state index in [1.807, 2.05) is 49.9 Å². The zero-order valence-corrected chi connectivity index (χ0v) is 35.7. The van der Waals surface area contributed by atoms with Crippen LogP contribution in [0.3, 0.4) is 0 Å². The van der Waals surface area contributed by atoms with E-state index in [0.29, 0.717) is 13.1 Å². The van der Waals surface area contributed by atoms with E-state index in [0.717, 1.165) is 98.4 Å². The van der Waals surface area contributed by atoms with Gasteiger partial charge in [-0.2, -0.15) is 0 Å². The summed E-state index contributed by atoms with van der Waals surface area (Å²) in [5.74, 6) is 1.10. The van der Waals surface area contributed by atoms with Crippen LogP contribution in [-0.4, -0.2) is 93.1 Å². The topological polar surface area (TPSA) is 175 Å². The van der Waals surface area contributed by atoms with Crippen LogP contribution in [0.25, 0.3) is 33.6 Å². The van der Waals surface area contributed by atoms with Crippen LogP contribution in [0.4, 0.5) is 9.59 Å². The number of likely N-dealkylation sites (tertiary alicyclic amines) is 2. The lowest BCUT2D eigenvalue weighted by atomic mass is 9.87. The summed E-state index contributed by atoms with van der Waals surface area (Å²) in [4.78, 5) is 72.3. The summed E-state index contributed by atoms with van der Waals surface area (Å²) in [7, 11) is 2.61. The van der Waals surface area contributed by atoms with Crippen molar-refractivity contribution >= 4 is 24.0 Å². The number of nitrogens with one attached hydrogen (secondary N) is 4. The molecule has 60 heavy (non-hydrogen) atoms. The highest BCUT2D eigenvalue weighted by Gasteiger charge is 2.39. The molecule has 0 radical (unpaired) electrons. The highest BCUT2D eigenvalue weighted by atomic mass is 16.5. The third kappa shape index (κ3) is 7.64. The molecule has 0 saturated carbocycles. The van der Waals surface area contributed by atoms with Gasteiger partial charge in [0.1, 0.15) is 23.7 Å². The number of carbonyl (C=O) groups is 4. The third-order valence-corrected chi connectivity index (χ3v) is 13.1. The van der Waals surface area contributed by atoms with Crippen LogP contribution in [0, 0.1) is 11.8 Å². The van der Waals surface area contributed by atoms with Crippen LogP contribution in [-0.2, 0) is 44.7 Å². The molecule has 0 bridgehead atoms. The number of methoxy groups -OCH3 is 2. The number of hydrogen-bond acceptors (Lipinski definition) is 8. The number of imidazole rings is 2. The van der Waals surface area contributed by atoms with E-state index in [2.05, 4.69) is 44.9 Å². The molecule has 4 amide bonds. The number of benzene rings is 2. The molecule has 2 fully saturated rings. The average molecular weight is 819 g/mol. The molecule has 4 N–H and O–H groups in total. The molecule has 14 heteroatoms. The molecule has 4 unspecified atom stereocenters. The van der Waals surface area contributed by atoms with E-state index < -0.39 is 24.3 Å². The summed E-state index contributed by atoms with van der Waals surface area (Å²) in [6.45, 7) is 8.90. The lowest BCUT2D eigenvalue weighted by Gasteiger charge is -2.30. The van der Waals surface area contributed by atoms with E-state index in [9.17, 15) is 19.2 Å². The van der Waals surface area contributed by atoms with Gasteiger partial charge in [-0.3, -0.25) is 9.59 Å². The van der Waals surface area contributed by atoms with Gasteiger partial charge in [-0.25, -0.2) is 19.6 Å². The maximum atomic E-state index is 13.8. The fourth-order valence-electron chi connectivity index (χ4n) is 10.1. The third-order valence-electron chi connectivity index (χ3n) is 13.1. The number of fused-ring (bicyclic) bond motifs is 2. The quantitative estimate of drug-likeness (QED) is 0.123. The highest BCUT2D eigenvalue weighted by molar-refractivity contribution is 5.88. The van der Waals surface area contributed by atoms with Gasteiger partial charge in [-0.1, -0.05) is 52.0 Å². The molecule has 2 saturated heterocycles. The molecule has 4 aliphatic rings. The monoisotopic (exact) mass is 818 g/mol. The predicted molar refractivity (Wildman–Crippen MR) is 227 cm³/mol. The maximum Gasteiger partial charge on any atom is 0.407 e. The van der Waals surface area contributed by atoms with Crippen molar-refractivity contribution in [1.82, 2.24) is 40.4 Å². The predicted octanol–water partition coefficient (Wildman–Crippen LogP) is 7.20. The highest BCUT2D eigenvalue weighted by Crippen LogP contribution is 2.44. The van der Waals surface area contributed by atoms with Crippen molar-refractivity contribution in [2.75, 3.05) is 27.3 Å². The van der Waals surface area contributed by atoms with Gasteiger partial charge in [0.15, 0.2) is 0 Å². The van der Waals surface area contributed by atoms with E-state index in [1.54, 1.807) is 0 Å². The average Bonchev–Trinajstić information content (AvgIpc) is 4.10. The van der Waals surface area contributed by atoms with Crippen molar-refractivity contribution in [3.05, 3.63) is 70.6 Å². The van der Waals surface area contributed by atoms with E-state index >= 15 is 0 Å². The molecule has 4 aromatic rings. The van der Waals surface area contributed by atoms with Gasteiger partial charge >= 0.3 is 12.2 Å². The first-order chi connectivity index (χ1) is 29.0. The minimum Gasteiger partial charge on any atom is -0.453 e. The molecule has 14 nitrogen and oxygen atoms in total. The molecule has 0 spiro atoms. The fraction of sp³-hybridized carbons (Fsp3) is 0.522. The first kappa shape index (κ1) is 41.1. The van der Waals surface area contributed by atoms with E-state index in [1.165, 1.54) is 47.6 Å². The Labute approximate surface area is 351 Å². The molecule has 2 aliphatic carbocycles. The molecule has 2 aromatic carbocycles. The first-order valence-electron chi connectivity index (χ1n) is 21.7. The minimum absolute atomic E-state index is 0.101. The van der Waals surface area contributed by atoms with Crippen LogP contribution in [0.2, 0.25) is 0 Å². The van der Waals surface area contributed by atoms with Gasteiger partial charge in [0.25, 0.3) is 0 Å². The molecule has 4 atom stereocenters. The second-order valence-electron chi connectivity index (χ2n) is 17.4. The molecule has 318 valence electrons. The number of aromatic nitrogens is 4. The number of ether oxygens (including phenoxy) is 2. The summed E-state index contributed by atoms with van der Waals surface area (Å²) in [5, 5.41) is 5.47. The van der Waals surface area contributed by atoms with Crippen LogP contribution in [0.1, 0.15) is 112 Å². The summed E-state index contributed by atoms with van der Waals surface area (Å²) in [5.41, 5.74) is 12.3. The number of alkyl carbamates (subject to hydrolysis) is 2. The molecular formula is C46H58N8O6. The van der Waals surface area contributed by atoms with Crippen LogP contribution >= 0.6 is 0 Å². The van der Waals surface area contributed by atoms with Gasteiger partial charge in [0, 0.05) is 24.2 Å². The number of carbonyl (C=O) groups excluding carboxylic acids is 4. The molecule has 8 rings (SSSR count). The first-order valence-corrected chi connectivity index (χ1v) is 21.7. The lowest BCUT2D eigenvalue weighted by molar-refractivity contribution is -0.136. The van der Waals surface area contributed by atoms with Gasteiger partial charge in [0.05, 0.1) is 50.1 Å². The number of amides is 4.